The van der Waals surface area contributed by atoms with E-state index in [1.54, 1.807) is 24.6 Å². The van der Waals surface area contributed by atoms with Gasteiger partial charge in [0.05, 0.1) is 10.6 Å². The monoisotopic (exact) mass is 236 g/mol. The fraction of sp³-hybridized carbons (Fsp3) is 0.400. The van der Waals surface area contributed by atoms with Gasteiger partial charge in [0.1, 0.15) is 17.9 Å². The zero-order valence-corrected chi connectivity index (χ0v) is 9.80. The van der Waals surface area contributed by atoms with Crippen molar-refractivity contribution < 1.29 is 9.45 Å². The van der Waals surface area contributed by atoms with Crippen LogP contribution in [0.1, 0.15) is 22.8 Å². The van der Waals surface area contributed by atoms with Gasteiger partial charge in [-0.15, -0.1) is 0 Å². The Morgan fingerprint density at radius 3 is 2.65 bits per heavy atom. The molecule has 2 aromatic heterocycles. The van der Waals surface area contributed by atoms with E-state index >= 15 is 0 Å². The topological polar surface area (TPSA) is 87.0 Å². The molecule has 7 nitrogen and oxygen atoms in total. The van der Waals surface area contributed by atoms with Crippen LogP contribution >= 0.6 is 0 Å². The van der Waals surface area contributed by atoms with Crippen molar-refractivity contribution in [1.82, 2.24) is 14.9 Å². The van der Waals surface area contributed by atoms with Gasteiger partial charge in [0, 0.05) is 6.07 Å². The average molecular weight is 236 g/mol. The number of nitro groups is 1. The van der Waals surface area contributed by atoms with E-state index < -0.39 is 4.92 Å². The Morgan fingerprint density at radius 2 is 2.18 bits per heavy atom. The molecule has 0 N–H and O–H groups in total. The van der Waals surface area contributed by atoms with Crippen molar-refractivity contribution in [3.05, 3.63) is 39.0 Å². The zero-order chi connectivity index (χ0) is 12.6. The van der Waals surface area contributed by atoms with Crippen LogP contribution in [-0.4, -0.2) is 19.9 Å². The first-order valence-corrected chi connectivity index (χ1v) is 5.09. The maximum Gasteiger partial charge on any atom is 0.312 e. The molecular weight excluding hydrogens is 224 g/mol. The fourth-order valence-corrected chi connectivity index (χ4v) is 1.74. The molecule has 0 aliphatic heterocycles. The van der Waals surface area contributed by atoms with Crippen molar-refractivity contribution >= 4 is 5.69 Å². The van der Waals surface area contributed by atoms with E-state index in [-0.39, 0.29) is 5.69 Å². The summed E-state index contributed by atoms with van der Waals surface area (Å²) in [5, 5.41) is 18.7. The average Bonchev–Trinajstić information content (AvgIpc) is 2.73. The molecule has 0 bridgehead atoms. The van der Waals surface area contributed by atoms with Crippen molar-refractivity contribution in [1.29, 1.82) is 0 Å². The van der Waals surface area contributed by atoms with Crippen LogP contribution < -0.4 is 0 Å². The first-order valence-electron chi connectivity index (χ1n) is 5.09. The Labute approximate surface area is 97.2 Å². The minimum Gasteiger partial charge on any atom is -0.359 e. The van der Waals surface area contributed by atoms with Crippen LogP contribution in [0.3, 0.4) is 0 Å². The van der Waals surface area contributed by atoms with Crippen LogP contribution in [0, 0.1) is 30.9 Å². The van der Waals surface area contributed by atoms with Gasteiger partial charge in [0.15, 0.2) is 5.76 Å². The molecule has 0 aromatic carbocycles. The predicted molar refractivity (Wildman–Crippen MR) is 58.7 cm³/mol. The van der Waals surface area contributed by atoms with Crippen molar-refractivity contribution in [2.75, 3.05) is 0 Å². The molecule has 0 unspecified atom stereocenters. The molecule has 2 heterocycles. The molecule has 17 heavy (non-hydrogen) atoms. The second-order valence-corrected chi connectivity index (χ2v) is 3.87. The van der Waals surface area contributed by atoms with Gasteiger partial charge in [-0.2, -0.15) is 5.10 Å². The Kier molecular flexibility index (Phi) is 2.66. The molecule has 90 valence electrons. The summed E-state index contributed by atoms with van der Waals surface area (Å²) in [6, 6.07) is 1.78. The molecule has 0 radical (unpaired) electrons. The second kappa shape index (κ2) is 4.00. The van der Waals surface area contributed by atoms with Crippen molar-refractivity contribution in [3.8, 4) is 0 Å². The number of aryl methyl sites for hydroxylation is 2. The molecule has 0 saturated carbocycles. The summed E-state index contributed by atoms with van der Waals surface area (Å²) in [5.74, 6) is 0.628. The van der Waals surface area contributed by atoms with E-state index in [2.05, 4.69) is 10.3 Å². The molecule has 0 saturated heterocycles. The van der Waals surface area contributed by atoms with Crippen LogP contribution in [0.2, 0.25) is 0 Å². The summed E-state index contributed by atoms with van der Waals surface area (Å²) < 4.78 is 6.60. The minimum atomic E-state index is -0.417. The van der Waals surface area contributed by atoms with Gasteiger partial charge >= 0.3 is 5.69 Å². The number of hydrogen-bond donors (Lipinski definition) is 0. The maximum atomic E-state index is 10.8. The highest BCUT2D eigenvalue weighted by atomic mass is 16.6. The van der Waals surface area contributed by atoms with E-state index in [0.717, 1.165) is 5.69 Å². The first kappa shape index (κ1) is 11.3. The molecular formula is C10H12N4O3. The third-order valence-corrected chi connectivity index (χ3v) is 2.51. The Bertz CT molecular complexity index is 570. The van der Waals surface area contributed by atoms with Crippen LogP contribution in [0.15, 0.2) is 10.6 Å². The van der Waals surface area contributed by atoms with E-state index in [0.29, 0.717) is 23.7 Å². The van der Waals surface area contributed by atoms with Gasteiger partial charge in [-0.05, 0) is 20.8 Å². The lowest BCUT2D eigenvalue weighted by Crippen LogP contribution is -2.03. The number of hydrogen-bond acceptors (Lipinski definition) is 5. The van der Waals surface area contributed by atoms with E-state index in [1.165, 1.54) is 0 Å². The maximum absolute atomic E-state index is 10.8. The molecule has 0 aliphatic carbocycles. The van der Waals surface area contributed by atoms with E-state index in [4.69, 9.17) is 4.52 Å². The van der Waals surface area contributed by atoms with Crippen LogP contribution in [0.5, 0.6) is 0 Å². The van der Waals surface area contributed by atoms with Crippen molar-refractivity contribution in [2.45, 2.75) is 27.3 Å². The lowest BCUT2D eigenvalue weighted by molar-refractivity contribution is -0.386. The lowest BCUT2D eigenvalue weighted by Gasteiger charge is -1.98. The zero-order valence-electron chi connectivity index (χ0n) is 9.80. The minimum absolute atomic E-state index is 0.0567. The molecule has 0 fully saturated rings. The second-order valence-electron chi connectivity index (χ2n) is 3.87. The normalized spacial score (nSPS) is 10.8. The third-order valence-electron chi connectivity index (χ3n) is 2.51. The third kappa shape index (κ3) is 2.03. The highest BCUT2D eigenvalue weighted by Gasteiger charge is 2.22. The van der Waals surface area contributed by atoms with Crippen LogP contribution in [-0.2, 0) is 6.54 Å². The first-order chi connectivity index (χ1) is 7.99. The largest absolute Gasteiger partial charge is 0.359 e. The van der Waals surface area contributed by atoms with Gasteiger partial charge in [-0.3, -0.25) is 14.8 Å². The summed E-state index contributed by atoms with van der Waals surface area (Å²) in [4.78, 5) is 10.4. The van der Waals surface area contributed by atoms with Crippen molar-refractivity contribution in [2.24, 2.45) is 0 Å². The number of aromatic nitrogens is 3. The standard InChI is InChI=1S/C10H12N4O3/c1-6-4-9(17-12-6)5-13-8(3)10(14(15)16)7(2)11-13/h4H,5H2,1-3H3. The van der Waals surface area contributed by atoms with Gasteiger partial charge < -0.3 is 4.52 Å². The predicted octanol–water partition coefficient (Wildman–Crippen LogP) is 1.75. The SMILES string of the molecule is Cc1cc(Cn2nc(C)c([N+](=O)[O-])c2C)on1. The van der Waals surface area contributed by atoms with Crippen LogP contribution in [0.4, 0.5) is 5.69 Å². The molecule has 2 aromatic rings. The quantitative estimate of drug-likeness (QED) is 0.598. The highest BCUT2D eigenvalue weighted by Crippen LogP contribution is 2.22. The smallest absolute Gasteiger partial charge is 0.312 e. The summed E-state index contributed by atoms with van der Waals surface area (Å²) in [7, 11) is 0. The number of rotatable bonds is 3. The van der Waals surface area contributed by atoms with Crippen molar-refractivity contribution in [3.63, 3.8) is 0 Å². The fourth-order valence-electron chi connectivity index (χ4n) is 1.74. The summed E-state index contributed by atoms with van der Waals surface area (Å²) in [6.45, 7) is 5.45. The molecule has 0 spiro atoms. The molecule has 7 heteroatoms. The van der Waals surface area contributed by atoms with Gasteiger partial charge in [-0.25, -0.2) is 0 Å². The summed E-state index contributed by atoms with van der Waals surface area (Å²) in [6.07, 6.45) is 0. The molecule has 2 rings (SSSR count). The van der Waals surface area contributed by atoms with Crippen LogP contribution in [0.25, 0.3) is 0 Å². The van der Waals surface area contributed by atoms with Gasteiger partial charge in [0.2, 0.25) is 0 Å². The molecule has 0 atom stereocenters. The Hall–Kier alpha value is -2.18. The molecule has 0 amide bonds. The van der Waals surface area contributed by atoms with Gasteiger partial charge in [-0.1, -0.05) is 5.16 Å². The number of nitrogens with zero attached hydrogens (tertiary/aromatic N) is 4. The van der Waals surface area contributed by atoms with Gasteiger partial charge in [0.25, 0.3) is 0 Å². The van der Waals surface area contributed by atoms with E-state index in [1.807, 2.05) is 6.92 Å². The van der Waals surface area contributed by atoms with E-state index in [9.17, 15) is 10.1 Å². The summed E-state index contributed by atoms with van der Waals surface area (Å²) >= 11 is 0. The summed E-state index contributed by atoms with van der Waals surface area (Å²) in [5.41, 5.74) is 1.75. The molecule has 0 aliphatic rings. The lowest BCUT2D eigenvalue weighted by atomic mass is 10.3. The Balaban J connectivity index is 2.34. The Morgan fingerprint density at radius 1 is 1.47 bits per heavy atom. The highest BCUT2D eigenvalue weighted by molar-refractivity contribution is 5.39.